The first-order valence-corrected chi connectivity index (χ1v) is 6.07. The summed E-state index contributed by atoms with van der Waals surface area (Å²) in [6, 6.07) is 3.90. The number of carbonyl (C=O) groups excluding carboxylic acids is 2. The van der Waals surface area contributed by atoms with E-state index in [-0.39, 0.29) is 30.3 Å². The standard InChI is InChI=1S/C14H16O6/c1-3-19-13(17)10(14(18)20-4-2)7-9-5-6-11(15)12(16)8-9/h5-8,15-16H,3-4H2,1-2H3. The molecule has 0 amide bonds. The van der Waals surface area contributed by atoms with Gasteiger partial charge in [-0.1, -0.05) is 6.07 Å². The molecule has 2 N–H and O–H groups in total. The van der Waals surface area contributed by atoms with Crippen molar-refractivity contribution in [1.82, 2.24) is 0 Å². The molecule has 0 aliphatic carbocycles. The van der Waals surface area contributed by atoms with E-state index in [2.05, 4.69) is 0 Å². The third-order valence-electron chi connectivity index (χ3n) is 2.30. The van der Waals surface area contributed by atoms with Gasteiger partial charge in [-0.05, 0) is 37.6 Å². The van der Waals surface area contributed by atoms with Gasteiger partial charge in [-0.2, -0.15) is 0 Å². The Morgan fingerprint density at radius 2 is 1.60 bits per heavy atom. The highest BCUT2D eigenvalue weighted by Crippen LogP contribution is 2.26. The first kappa shape index (κ1) is 15.6. The maximum absolute atomic E-state index is 11.7. The van der Waals surface area contributed by atoms with Gasteiger partial charge in [0.15, 0.2) is 11.5 Å². The van der Waals surface area contributed by atoms with Crippen LogP contribution in [0.5, 0.6) is 11.5 Å². The monoisotopic (exact) mass is 280 g/mol. The summed E-state index contributed by atoms with van der Waals surface area (Å²) in [6.07, 6.45) is 1.23. The fourth-order valence-corrected chi connectivity index (χ4v) is 1.42. The molecule has 20 heavy (non-hydrogen) atoms. The number of phenolic OH excluding ortho intramolecular Hbond substituents is 2. The van der Waals surface area contributed by atoms with Crippen LogP contribution in [0.3, 0.4) is 0 Å². The second-order valence-electron chi connectivity index (χ2n) is 3.75. The molecule has 0 aliphatic rings. The van der Waals surface area contributed by atoms with Crippen molar-refractivity contribution in [3.05, 3.63) is 29.3 Å². The summed E-state index contributed by atoms with van der Waals surface area (Å²) in [5.41, 5.74) is 0.0789. The molecule has 108 valence electrons. The molecular formula is C14H16O6. The lowest BCUT2D eigenvalue weighted by atomic mass is 10.1. The highest BCUT2D eigenvalue weighted by Gasteiger charge is 2.21. The first-order valence-electron chi connectivity index (χ1n) is 6.07. The van der Waals surface area contributed by atoms with Crippen LogP contribution in [0.25, 0.3) is 6.08 Å². The van der Waals surface area contributed by atoms with Crippen LogP contribution < -0.4 is 0 Å². The van der Waals surface area contributed by atoms with Gasteiger partial charge in [0.05, 0.1) is 13.2 Å². The van der Waals surface area contributed by atoms with Gasteiger partial charge in [0, 0.05) is 0 Å². The zero-order chi connectivity index (χ0) is 15.1. The summed E-state index contributed by atoms with van der Waals surface area (Å²) in [5, 5.41) is 18.6. The summed E-state index contributed by atoms with van der Waals surface area (Å²) in [5.74, 6) is -2.26. The number of phenols is 2. The van der Waals surface area contributed by atoms with Crippen molar-refractivity contribution in [3.63, 3.8) is 0 Å². The Balaban J connectivity index is 3.13. The van der Waals surface area contributed by atoms with Crippen molar-refractivity contribution in [2.24, 2.45) is 0 Å². The minimum absolute atomic E-state index is 0.121. The van der Waals surface area contributed by atoms with E-state index in [1.165, 1.54) is 24.3 Å². The normalized spacial score (nSPS) is 9.70. The first-order chi connectivity index (χ1) is 9.49. The van der Waals surface area contributed by atoms with Crippen molar-refractivity contribution in [2.75, 3.05) is 13.2 Å². The Hall–Kier alpha value is -2.50. The van der Waals surface area contributed by atoms with Crippen molar-refractivity contribution >= 4 is 18.0 Å². The van der Waals surface area contributed by atoms with E-state index in [0.717, 1.165) is 0 Å². The van der Waals surface area contributed by atoms with E-state index in [1.807, 2.05) is 0 Å². The van der Waals surface area contributed by atoms with Gasteiger partial charge < -0.3 is 19.7 Å². The molecule has 1 aromatic rings. The number of rotatable bonds is 5. The molecule has 0 radical (unpaired) electrons. The van der Waals surface area contributed by atoms with Gasteiger partial charge in [-0.25, -0.2) is 9.59 Å². The Bertz CT molecular complexity index is 512. The molecule has 0 bridgehead atoms. The van der Waals surface area contributed by atoms with Gasteiger partial charge in [0.1, 0.15) is 5.57 Å². The number of aromatic hydroxyl groups is 2. The number of esters is 2. The van der Waals surface area contributed by atoms with E-state index in [9.17, 15) is 19.8 Å². The predicted molar refractivity (Wildman–Crippen MR) is 71.0 cm³/mol. The Morgan fingerprint density at radius 1 is 1.05 bits per heavy atom. The quantitative estimate of drug-likeness (QED) is 0.280. The number of ether oxygens (including phenoxy) is 2. The fourth-order valence-electron chi connectivity index (χ4n) is 1.42. The molecule has 6 nitrogen and oxygen atoms in total. The lowest BCUT2D eigenvalue weighted by Gasteiger charge is -2.07. The summed E-state index contributed by atoms with van der Waals surface area (Å²) in [4.78, 5) is 23.4. The van der Waals surface area contributed by atoms with Gasteiger partial charge in [0.25, 0.3) is 0 Å². The molecule has 0 saturated carbocycles. The van der Waals surface area contributed by atoms with Gasteiger partial charge in [-0.15, -0.1) is 0 Å². The largest absolute Gasteiger partial charge is 0.504 e. The van der Waals surface area contributed by atoms with Crippen LogP contribution in [-0.4, -0.2) is 35.4 Å². The smallest absolute Gasteiger partial charge is 0.345 e. The van der Waals surface area contributed by atoms with Crippen LogP contribution in [0, 0.1) is 0 Å². The minimum atomic E-state index is -0.807. The average Bonchev–Trinajstić information content (AvgIpc) is 2.40. The lowest BCUT2D eigenvalue weighted by molar-refractivity contribution is -0.146. The molecule has 0 fully saturated rings. The summed E-state index contributed by atoms with van der Waals surface area (Å²) in [7, 11) is 0. The average molecular weight is 280 g/mol. The molecule has 0 aromatic heterocycles. The zero-order valence-corrected chi connectivity index (χ0v) is 11.3. The van der Waals surface area contributed by atoms with E-state index in [1.54, 1.807) is 13.8 Å². The third kappa shape index (κ3) is 4.01. The van der Waals surface area contributed by atoms with Gasteiger partial charge in [0.2, 0.25) is 0 Å². The van der Waals surface area contributed by atoms with Crippen LogP contribution in [0.1, 0.15) is 19.4 Å². The van der Waals surface area contributed by atoms with Gasteiger partial charge in [-0.3, -0.25) is 0 Å². The predicted octanol–water partition coefficient (Wildman–Crippen LogP) is 1.61. The SMILES string of the molecule is CCOC(=O)C(=Cc1ccc(O)c(O)c1)C(=O)OCC. The minimum Gasteiger partial charge on any atom is -0.504 e. The maximum Gasteiger partial charge on any atom is 0.345 e. The van der Waals surface area contributed by atoms with Crippen LogP contribution in [0.15, 0.2) is 23.8 Å². The highest BCUT2D eigenvalue weighted by atomic mass is 16.6. The second-order valence-corrected chi connectivity index (χ2v) is 3.75. The number of hydrogen-bond donors (Lipinski definition) is 2. The third-order valence-corrected chi connectivity index (χ3v) is 2.30. The molecule has 0 spiro atoms. The van der Waals surface area contributed by atoms with E-state index >= 15 is 0 Å². The van der Waals surface area contributed by atoms with Gasteiger partial charge >= 0.3 is 11.9 Å². The van der Waals surface area contributed by atoms with Crippen LogP contribution in [0.4, 0.5) is 0 Å². The molecule has 1 aromatic carbocycles. The van der Waals surface area contributed by atoms with E-state index < -0.39 is 11.9 Å². The molecule has 6 heteroatoms. The van der Waals surface area contributed by atoms with Crippen molar-refractivity contribution < 1.29 is 29.3 Å². The summed E-state index contributed by atoms with van der Waals surface area (Å²) < 4.78 is 9.56. The molecule has 0 unspecified atom stereocenters. The maximum atomic E-state index is 11.7. The zero-order valence-electron chi connectivity index (χ0n) is 11.3. The van der Waals surface area contributed by atoms with E-state index in [0.29, 0.717) is 5.56 Å². The molecule has 0 heterocycles. The van der Waals surface area contributed by atoms with Crippen molar-refractivity contribution in [3.8, 4) is 11.5 Å². The molecule has 1 rings (SSSR count). The topological polar surface area (TPSA) is 93.1 Å². The molecule has 0 aliphatic heterocycles. The van der Waals surface area contributed by atoms with E-state index in [4.69, 9.17) is 9.47 Å². The Labute approximate surface area is 116 Å². The summed E-state index contributed by atoms with van der Waals surface area (Å²) in [6.45, 7) is 3.48. The fraction of sp³-hybridized carbons (Fsp3) is 0.286. The Morgan fingerprint density at radius 3 is 2.05 bits per heavy atom. The van der Waals surface area contributed by atoms with Crippen molar-refractivity contribution in [2.45, 2.75) is 13.8 Å². The Kier molecular flexibility index (Phi) is 5.58. The lowest BCUT2D eigenvalue weighted by Crippen LogP contribution is -2.18. The summed E-state index contributed by atoms with van der Waals surface area (Å²) >= 11 is 0. The van der Waals surface area contributed by atoms with Crippen LogP contribution >= 0.6 is 0 Å². The molecule has 0 saturated heterocycles. The number of benzene rings is 1. The van der Waals surface area contributed by atoms with Crippen LogP contribution in [-0.2, 0) is 19.1 Å². The highest BCUT2D eigenvalue weighted by molar-refractivity contribution is 6.17. The molecular weight excluding hydrogens is 264 g/mol. The second kappa shape index (κ2) is 7.18. The number of carbonyl (C=O) groups is 2. The van der Waals surface area contributed by atoms with Crippen LogP contribution in [0.2, 0.25) is 0 Å². The van der Waals surface area contributed by atoms with Crippen molar-refractivity contribution in [1.29, 1.82) is 0 Å². The molecule has 0 atom stereocenters. The number of hydrogen-bond acceptors (Lipinski definition) is 6.